The zero-order valence-corrected chi connectivity index (χ0v) is 12.3. The zero-order valence-electron chi connectivity index (χ0n) is 12.3. The van der Waals surface area contributed by atoms with Gasteiger partial charge in [0, 0.05) is 12.6 Å². The standard InChI is InChI=1S/C17H25NO2/c1-13(14-7-3-2-4-8-14)18-12-16-10-6-5-9-15(16)11-17(19)20/h5-6,9-10,13-14,18H,2-4,7-8,11-12H2,1H3,(H,19,20)/t13-/m1/s1. The van der Waals surface area contributed by atoms with Crippen molar-refractivity contribution in [2.24, 2.45) is 5.92 Å². The maximum Gasteiger partial charge on any atom is 0.307 e. The molecule has 0 spiro atoms. The lowest BCUT2D eigenvalue weighted by Gasteiger charge is -2.28. The summed E-state index contributed by atoms with van der Waals surface area (Å²) >= 11 is 0. The quantitative estimate of drug-likeness (QED) is 0.837. The number of hydrogen-bond acceptors (Lipinski definition) is 2. The first-order valence-corrected chi connectivity index (χ1v) is 7.69. The summed E-state index contributed by atoms with van der Waals surface area (Å²) in [6, 6.07) is 8.34. The second-order valence-corrected chi connectivity index (χ2v) is 5.91. The molecule has 110 valence electrons. The molecule has 0 aromatic heterocycles. The Kier molecular flexibility index (Phi) is 5.60. The van der Waals surface area contributed by atoms with Crippen LogP contribution in [0.4, 0.5) is 0 Å². The van der Waals surface area contributed by atoms with Gasteiger partial charge in [-0.25, -0.2) is 0 Å². The van der Waals surface area contributed by atoms with E-state index in [0.29, 0.717) is 6.04 Å². The molecule has 1 saturated carbocycles. The van der Waals surface area contributed by atoms with Gasteiger partial charge in [-0.2, -0.15) is 0 Å². The Bertz CT molecular complexity index is 438. The Morgan fingerprint density at radius 2 is 1.90 bits per heavy atom. The van der Waals surface area contributed by atoms with E-state index >= 15 is 0 Å². The summed E-state index contributed by atoms with van der Waals surface area (Å²) in [5, 5.41) is 12.5. The molecule has 1 aliphatic carbocycles. The lowest BCUT2D eigenvalue weighted by molar-refractivity contribution is -0.136. The fourth-order valence-corrected chi connectivity index (χ4v) is 3.14. The van der Waals surface area contributed by atoms with E-state index in [9.17, 15) is 4.79 Å². The summed E-state index contributed by atoms with van der Waals surface area (Å²) in [4.78, 5) is 10.9. The molecular weight excluding hydrogens is 250 g/mol. The summed E-state index contributed by atoms with van der Waals surface area (Å²) in [6.07, 6.45) is 6.84. The van der Waals surface area contributed by atoms with Crippen molar-refractivity contribution in [1.82, 2.24) is 5.32 Å². The van der Waals surface area contributed by atoms with Crippen LogP contribution >= 0.6 is 0 Å². The zero-order chi connectivity index (χ0) is 14.4. The van der Waals surface area contributed by atoms with Crippen molar-refractivity contribution in [3.05, 3.63) is 35.4 Å². The molecule has 2 N–H and O–H groups in total. The van der Waals surface area contributed by atoms with Crippen LogP contribution in [0.1, 0.15) is 50.2 Å². The minimum absolute atomic E-state index is 0.107. The lowest BCUT2D eigenvalue weighted by atomic mass is 9.84. The summed E-state index contributed by atoms with van der Waals surface area (Å²) in [7, 11) is 0. The predicted octanol–water partition coefficient (Wildman–Crippen LogP) is 3.37. The van der Waals surface area contributed by atoms with E-state index in [1.165, 1.54) is 32.1 Å². The van der Waals surface area contributed by atoms with Crippen molar-refractivity contribution >= 4 is 5.97 Å². The van der Waals surface area contributed by atoms with Gasteiger partial charge in [0.2, 0.25) is 0 Å². The molecule has 3 nitrogen and oxygen atoms in total. The molecule has 2 rings (SSSR count). The highest BCUT2D eigenvalue weighted by Crippen LogP contribution is 2.26. The van der Waals surface area contributed by atoms with Crippen LogP contribution in [0.5, 0.6) is 0 Å². The van der Waals surface area contributed by atoms with Crippen LogP contribution in [0.2, 0.25) is 0 Å². The van der Waals surface area contributed by atoms with E-state index in [1.807, 2.05) is 24.3 Å². The van der Waals surface area contributed by atoms with E-state index in [4.69, 9.17) is 5.11 Å². The summed E-state index contributed by atoms with van der Waals surface area (Å²) < 4.78 is 0. The molecule has 1 atom stereocenters. The molecule has 0 saturated heterocycles. The number of carbonyl (C=O) groups is 1. The number of hydrogen-bond donors (Lipinski definition) is 2. The average molecular weight is 275 g/mol. The van der Waals surface area contributed by atoms with Crippen molar-refractivity contribution in [2.75, 3.05) is 0 Å². The summed E-state index contributed by atoms with van der Waals surface area (Å²) in [5.41, 5.74) is 2.03. The second kappa shape index (κ2) is 7.44. The first-order valence-electron chi connectivity index (χ1n) is 7.69. The van der Waals surface area contributed by atoms with Crippen LogP contribution < -0.4 is 5.32 Å². The van der Waals surface area contributed by atoms with Gasteiger partial charge in [-0.05, 0) is 36.8 Å². The van der Waals surface area contributed by atoms with Crippen LogP contribution in [0.15, 0.2) is 24.3 Å². The number of benzene rings is 1. The molecule has 0 unspecified atom stereocenters. The number of carboxylic acid groups (broad SMARTS) is 1. The van der Waals surface area contributed by atoms with E-state index in [1.54, 1.807) is 0 Å². The highest BCUT2D eigenvalue weighted by molar-refractivity contribution is 5.70. The lowest BCUT2D eigenvalue weighted by Crippen LogP contribution is -2.34. The minimum atomic E-state index is -0.766. The fraction of sp³-hybridized carbons (Fsp3) is 0.588. The van der Waals surface area contributed by atoms with Gasteiger partial charge in [0.15, 0.2) is 0 Å². The van der Waals surface area contributed by atoms with Crippen LogP contribution in [-0.4, -0.2) is 17.1 Å². The Hall–Kier alpha value is -1.35. The maximum absolute atomic E-state index is 10.9. The van der Waals surface area contributed by atoms with Gasteiger partial charge in [-0.15, -0.1) is 0 Å². The molecule has 1 aromatic rings. The van der Waals surface area contributed by atoms with Crippen molar-refractivity contribution in [1.29, 1.82) is 0 Å². The minimum Gasteiger partial charge on any atom is -0.481 e. The van der Waals surface area contributed by atoms with E-state index in [0.717, 1.165) is 23.6 Å². The van der Waals surface area contributed by atoms with Gasteiger partial charge in [-0.3, -0.25) is 4.79 Å². The topological polar surface area (TPSA) is 49.3 Å². The molecule has 1 aliphatic rings. The van der Waals surface area contributed by atoms with Crippen molar-refractivity contribution < 1.29 is 9.90 Å². The smallest absolute Gasteiger partial charge is 0.307 e. The molecule has 0 aliphatic heterocycles. The van der Waals surface area contributed by atoms with Gasteiger partial charge in [0.05, 0.1) is 6.42 Å². The van der Waals surface area contributed by atoms with Crippen LogP contribution in [0, 0.1) is 5.92 Å². The Morgan fingerprint density at radius 1 is 1.25 bits per heavy atom. The highest BCUT2D eigenvalue weighted by atomic mass is 16.4. The predicted molar refractivity (Wildman–Crippen MR) is 80.7 cm³/mol. The van der Waals surface area contributed by atoms with Gasteiger partial charge in [0.1, 0.15) is 0 Å². The Labute approximate surface area is 121 Å². The normalized spacial score (nSPS) is 17.9. The molecule has 0 bridgehead atoms. The van der Waals surface area contributed by atoms with E-state index in [2.05, 4.69) is 12.2 Å². The van der Waals surface area contributed by atoms with Crippen LogP contribution in [0.3, 0.4) is 0 Å². The second-order valence-electron chi connectivity index (χ2n) is 5.91. The molecule has 0 amide bonds. The third-order valence-electron chi connectivity index (χ3n) is 4.43. The number of rotatable bonds is 6. The van der Waals surface area contributed by atoms with E-state index in [-0.39, 0.29) is 6.42 Å². The molecule has 0 heterocycles. The molecule has 0 radical (unpaired) electrons. The molecule has 20 heavy (non-hydrogen) atoms. The van der Waals surface area contributed by atoms with Gasteiger partial charge >= 0.3 is 5.97 Å². The third kappa shape index (κ3) is 4.34. The Balaban J connectivity index is 1.91. The third-order valence-corrected chi connectivity index (χ3v) is 4.43. The van der Waals surface area contributed by atoms with E-state index < -0.39 is 5.97 Å². The summed E-state index contributed by atoms with van der Waals surface area (Å²) in [5.74, 6) is 0.00756. The number of nitrogens with one attached hydrogen (secondary N) is 1. The average Bonchev–Trinajstić information content (AvgIpc) is 2.46. The van der Waals surface area contributed by atoms with Crippen molar-refractivity contribution in [2.45, 2.75) is 58.0 Å². The van der Waals surface area contributed by atoms with Gasteiger partial charge in [-0.1, -0.05) is 43.5 Å². The fourth-order valence-electron chi connectivity index (χ4n) is 3.14. The van der Waals surface area contributed by atoms with Crippen LogP contribution in [0.25, 0.3) is 0 Å². The monoisotopic (exact) mass is 275 g/mol. The molecule has 1 aromatic carbocycles. The van der Waals surface area contributed by atoms with Gasteiger partial charge in [0.25, 0.3) is 0 Å². The number of carboxylic acids is 1. The van der Waals surface area contributed by atoms with Crippen LogP contribution in [-0.2, 0) is 17.8 Å². The summed E-state index contributed by atoms with van der Waals surface area (Å²) in [6.45, 7) is 3.02. The maximum atomic E-state index is 10.9. The van der Waals surface area contributed by atoms with Crippen molar-refractivity contribution in [3.63, 3.8) is 0 Å². The molecule has 1 fully saturated rings. The number of aliphatic carboxylic acids is 1. The molecule has 3 heteroatoms. The Morgan fingerprint density at radius 3 is 2.55 bits per heavy atom. The van der Waals surface area contributed by atoms with Crippen molar-refractivity contribution in [3.8, 4) is 0 Å². The first-order chi connectivity index (χ1) is 9.66. The molecular formula is C17H25NO2. The largest absolute Gasteiger partial charge is 0.481 e. The SMILES string of the molecule is C[C@@H](NCc1ccccc1CC(=O)O)C1CCCCC1. The highest BCUT2D eigenvalue weighted by Gasteiger charge is 2.19. The van der Waals surface area contributed by atoms with Gasteiger partial charge < -0.3 is 10.4 Å². The first kappa shape index (κ1) is 15.0.